The lowest BCUT2D eigenvalue weighted by molar-refractivity contribution is 0.355. The monoisotopic (exact) mass is 407 g/mol. The van der Waals surface area contributed by atoms with Crippen LogP contribution in [0.1, 0.15) is 12.5 Å². The number of thioether (sulfide) groups is 1. The highest BCUT2D eigenvalue weighted by Gasteiger charge is 2.16. The van der Waals surface area contributed by atoms with E-state index in [9.17, 15) is 4.39 Å². The third-order valence-electron chi connectivity index (χ3n) is 4.05. The molecule has 0 fully saturated rings. The van der Waals surface area contributed by atoms with Crippen molar-refractivity contribution in [2.24, 2.45) is 0 Å². The topological polar surface area (TPSA) is 49.2 Å². The summed E-state index contributed by atoms with van der Waals surface area (Å²) in [5.74, 6) is 2.26. The molecule has 0 aliphatic carbocycles. The summed E-state index contributed by atoms with van der Waals surface area (Å²) in [6.45, 7) is 2.73. The van der Waals surface area contributed by atoms with Crippen LogP contribution < -0.4 is 9.47 Å². The molecule has 0 N–H and O–H groups in total. The van der Waals surface area contributed by atoms with Crippen LogP contribution in [-0.4, -0.2) is 29.0 Å². The van der Waals surface area contributed by atoms with E-state index < -0.39 is 0 Å². The van der Waals surface area contributed by atoms with Gasteiger partial charge in [0.15, 0.2) is 22.5 Å². The lowest BCUT2D eigenvalue weighted by Crippen LogP contribution is -2.00. The number of aromatic nitrogens is 3. The van der Waals surface area contributed by atoms with Crippen LogP contribution in [0.4, 0.5) is 4.39 Å². The Hall–Kier alpha value is -2.25. The predicted octanol–water partition coefficient (Wildman–Crippen LogP) is 5.07. The molecule has 0 unspecified atom stereocenters. The van der Waals surface area contributed by atoms with Crippen LogP contribution in [-0.2, 0) is 12.3 Å². The first-order valence-corrected chi connectivity index (χ1v) is 9.66. The van der Waals surface area contributed by atoms with E-state index in [1.54, 1.807) is 20.3 Å². The van der Waals surface area contributed by atoms with Gasteiger partial charge in [0.1, 0.15) is 5.82 Å². The standard InChI is InChI=1S/C19H19ClFN3O2S/c1-4-24-18(12-6-8-16(25-2)17(9-12)26-3)22-23-19(24)27-11-13-5-7-14(21)10-15(13)20/h5-10H,4,11H2,1-3H3. The van der Waals surface area contributed by atoms with Crippen molar-refractivity contribution in [1.82, 2.24) is 14.8 Å². The van der Waals surface area contributed by atoms with Crippen molar-refractivity contribution in [3.8, 4) is 22.9 Å². The van der Waals surface area contributed by atoms with Gasteiger partial charge in [0.2, 0.25) is 0 Å². The molecule has 0 aliphatic heterocycles. The zero-order valence-electron chi connectivity index (χ0n) is 15.2. The first-order valence-electron chi connectivity index (χ1n) is 8.29. The number of ether oxygens (including phenoxy) is 2. The van der Waals surface area contributed by atoms with E-state index in [0.29, 0.717) is 28.8 Å². The molecule has 27 heavy (non-hydrogen) atoms. The van der Waals surface area contributed by atoms with E-state index in [2.05, 4.69) is 10.2 Å². The molecule has 0 atom stereocenters. The SMILES string of the molecule is CCn1c(SCc2ccc(F)cc2Cl)nnc1-c1ccc(OC)c(OC)c1. The molecule has 0 saturated carbocycles. The van der Waals surface area contributed by atoms with Gasteiger partial charge in [-0.05, 0) is 42.8 Å². The minimum absolute atomic E-state index is 0.346. The minimum Gasteiger partial charge on any atom is -0.493 e. The Morgan fingerprint density at radius 2 is 1.85 bits per heavy atom. The van der Waals surface area contributed by atoms with Crippen molar-refractivity contribution in [2.45, 2.75) is 24.4 Å². The largest absolute Gasteiger partial charge is 0.493 e. The summed E-state index contributed by atoms with van der Waals surface area (Å²) in [5.41, 5.74) is 1.73. The third-order valence-corrected chi connectivity index (χ3v) is 5.41. The van der Waals surface area contributed by atoms with Gasteiger partial charge < -0.3 is 14.0 Å². The average molecular weight is 408 g/mol. The molecule has 3 aromatic rings. The number of hydrogen-bond donors (Lipinski definition) is 0. The molecule has 8 heteroatoms. The summed E-state index contributed by atoms with van der Waals surface area (Å²) in [7, 11) is 3.20. The van der Waals surface area contributed by atoms with Crippen molar-refractivity contribution in [2.75, 3.05) is 14.2 Å². The summed E-state index contributed by atoms with van der Waals surface area (Å²) in [5, 5.41) is 9.82. The molecule has 0 amide bonds. The van der Waals surface area contributed by atoms with E-state index in [-0.39, 0.29) is 5.82 Å². The average Bonchev–Trinajstić information content (AvgIpc) is 3.09. The molecule has 5 nitrogen and oxygen atoms in total. The van der Waals surface area contributed by atoms with Gasteiger partial charge in [0.05, 0.1) is 14.2 Å². The zero-order valence-corrected chi connectivity index (χ0v) is 16.8. The lowest BCUT2D eigenvalue weighted by Gasteiger charge is -2.11. The molecule has 0 aliphatic rings. The van der Waals surface area contributed by atoms with E-state index in [4.69, 9.17) is 21.1 Å². The van der Waals surface area contributed by atoms with Crippen LogP contribution in [0.5, 0.6) is 11.5 Å². The highest BCUT2D eigenvalue weighted by atomic mass is 35.5. The fourth-order valence-electron chi connectivity index (χ4n) is 2.65. The smallest absolute Gasteiger partial charge is 0.191 e. The molecule has 0 spiro atoms. The van der Waals surface area contributed by atoms with E-state index in [0.717, 1.165) is 22.1 Å². The summed E-state index contributed by atoms with van der Waals surface area (Å²) in [6, 6.07) is 10.0. The van der Waals surface area contributed by atoms with Gasteiger partial charge in [0, 0.05) is 22.9 Å². The maximum atomic E-state index is 13.2. The lowest BCUT2D eigenvalue weighted by atomic mass is 10.2. The first kappa shape index (κ1) is 19.5. The second-order valence-electron chi connectivity index (χ2n) is 5.64. The Morgan fingerprint density at radius 3 is 2.52 bits per heavy atom. The van der Waals surface area contributed by atoms with Crippen LogP contribution in [0.3, 0.4) is 0 Å². The molecule has 0 saturated heterocycles. The summed E-state index contributed by atoms with van der Waals surface area (Å²) >= 11 is 7.61. The normalized spacial score (nSPS) is 10.9. The first-order chi connectivity index (χ1) is 13.1. The van der Waals surface area contributed by atoms with Crippen molar-refractivity contribution in [3.05, 3.63) is 52.8 Å². The second-order valence-corrected chi connectivity index (χ2v) is 6.99. The van der Waals surface area contributed by atoms with Gasteiger partial charge in [0.25, 0.3) is 0 Å². The van der Waals surface area contributed by atoms with Crippen LogP contribution in [0.25, 0.3) is 11.4 Å². The van der Waals surface area contributed by atoms with Crippen LogP contribution in [0.15, 0.2) is 41.6 Å². The maximum Gasteiger partial charge on any atom is 0.191 e. The third kappa shape index (κ3) is 4.20. The molecule has 2 aromatic carbocycles. The zero-order chi connectivity index (χ0) is 19.4. The molecule has 0 radical (unpaired) electrons. The predicted molar refractivity (Wildman–Crippen MR) is 105 cm³/mol. The Labute approximate surface area is 166 Å². The van der Waals surface area contributed by atoms with Crippen molar-refractivity contribution < 1.29 is 13.9 Å². The number of methoxy groups -OCH3 is 2. The summed E-state index contributed by atoms with van der Waals surface area (Å²) in [4.78, 5) is 0. The number of halogens is 2. The Morgan fingerprint density at radius 1 is 1.07 bits per heavy atom. The quantitative estimate of drug-likeness (QED) is 0.512. The molecule has 142 valence electrons. The Kier molecular flexibility index (Phi) is 6.23. The fourth-order valence-corrected chi connectivity index (χ4v) is 3.97. The fraction of sp³-hybridized carbons (Fsp3) is 0.263. The second kappa shape index (κ2) is 8.63. The van der Waals surface area contributed by atoms with E-state index in [1.165, 1.54) is 23.9 Å². The maximum absolute atomic E-state index is 13.2. The number of nitrogens with zero attached hydrogens (tertiary/aromatic N) is 3. The Bertz CT molecular complexity index is 949. The van der Waals surface area contributed by atoms with Gasteiger partial charge in [-0.15, -0.1) is 10.2 Å². The van der Waals surface area contributed by atoms with E-state index >= 15 is 0 Å². The van der Waals surface area contributed by atoms with Crippen molar-refractivity contribution in [1.29, 1.82) is 0 Å². The van der Waals surface area contributed by atoms with Gasteiger partial charge in [-0.1, -0.05) is 29.4 Å². The van der Waals surface area contributed by atoms with Crippen LogP contribution >= 0.6 is 23.4 Å². The number of benzene rings is 2. The van der Waals surface area contributed by atoms with Gasteiger partial charge >= 0.3 is 0 Å². The van der Waals surface area contributed by atoms with E-state index in [1.807, 2.05) is 29.7 Å². The number of hydrogen-bond acceptors (Lipinski definition) is 5. The van der Waals surface area contributed by atoms with Gasteiger partial charge in [-0.3, -0.25) is 0 Å². The minimum atomic E-state index is -0.346. The van der Waals surface area contributed by atoms with Gasteiger partial charge in [-0.2, -0.15) is 0 Å². The summed E-state index contributed by atoms with van der Waals surface area (Å²) in [6.07, 6.45) is 0. The van der Waals surface area contributed by atoms with Crippen molar-refractivity contribution >= 4 is 23.4 Å². The highest BCUT2D eigenvalue weighted by Crippen LogP contribution is 2.33. The molecular weight excluding hydrogens is 389 g/mol. The molecule has 1 heterocycles. The highest BCUT2D eigenvalue weighted by molar-refractivity contribution is 7.98. The summed E-state index contributed by atoms with van der Waals surface area (Å²) < 4.78 is 25.9. The van der Waals surface area contributed by atoms with Crippen molar-refractivity contribution in [3.63, 3.8) is 0 Å². The Balaban J connectivity index is 1.86. The molecule has 0 bridgehead atoms. The number of rotatable bonds is 7. The van der Waals surface area contributed by atoms with Crippen LogP contribution in [0, 0.1) is 5.82 Å². The van der Waals surface area contributed by atoms with Gasteiger partial charge in [-0.25, -0.2) is 4.39 Å². The molecule has 3 rings (SSSR count). The van der Waals surface area contributed by atoms with Crippen LogP contribution in [0.2, 0.25) is 5.02 Å². The molecular formula is C19H19ClFN3O2S. The molecule has 1 aromatic heterocycles.